The Hall–Kier alpha value is -3.52. The molecule has 0 atom stereocenters. The molecule has 0 aliphatic rings. The second kappa shape index (κ2) is 14.5. The van der Waals surface area contributed by atoms with Crippen molar-refractivity contribution in [3.05, 3.63) is 82.8 Å². The van der Waals surface area contributed by atoms with E-state index in [9.17, 15) is 9.59 Å². The molecule has 2 heterocycles. The van der Waals surface area contributed by atoms with Gasteiger partial charge in [-0.3, -0.25) is 9.59 Å². The predicted molar refractivity (Wildman–Crippen MR) is 193 cm³/mol. The van der Waals surface area contributed by atoms with Crippen molar-refractivity contribution in [2.45, 2.75) is 8.68 Å². The molecule has 6 aromatic rings. The Labute approximate surface area is 290 Å². The summed E-state index contributed by atoms with van der Waals surface area (Å²) in [6.07, 6.45) is 0. The first-order valence-electron chi connectivity index (χ1n) is 13.6. The number of nitrogens with zero attached hydrogens (tertiary/aromatic N) is 2. The highest BCUT2D eigenvalue weighted by Gasteiger charge is 2.15. The molecule has 14 heteroatoms. The van der Waals surface area contributed by atoms with Crippen LogP contribution in [0.5, 0.6) is 11.5 Å². The van der Waals surface area contributed by atoms with Gasteiger partial charge in [0.1, 0.15) is 11.5 Å². The zero-order valence-corrected chi connectivity index (χ0v) is 29.0. The van der Waals surface area contributed by atoms with Crippen LogP contribution in [0.4, 0.5) is 11.4 Å². The topological polar surface area (TPSA) is 102 Å². The molecule has 2 N–H and O–H groups in total. The van der Waals surface area contributed by atoms with Crippen molar-refractivity contribution in [3.8, 4) is 22.6 Å². The zero-order valence-electron chi connectivity index (χ0n) is 24.3. The number of benzene rings is 4. The molecule has 0 unspecified atom stereocenters. The second-order valence-electron chi connectivity index (χ2n) is 9.69. The van der Waals surface area contributed by atoms with E-state index in [1.54, 1.807) is 26.4 Å². The molecule has 0 bridgehead atoms. The van der Waals surface area contributed by atoms with Crippen molar-refractivity contribution >= 4 is 113 Å². The molecule has 46 heavy (non-hydrogen) atoms. The Morgan fingerprint density at radius 1 is 0.674 bits per heavy atom. The molecule has 4 aromatic carbocycles. The molecule has 8 nitrogen and oxygen atoms in total. The molecular weight excluding hydrogens is 704 g/mol. The highest BCUT2D eigenvalue weighted by atomic mass is 35.5. The number of fused-ring (bicyclic) bond motifs is 2. The van der Waals surface area contributed by atoms with E-state index in [2.05, 4.69) is 20.6 Å². The summed E-state index contributed by atoms with van der Waals surface area (Å²) in [5.74, 6) is 1.04. The lowest BCUT2D eigenvalue weighted by atomic mass is 10.0. The van der Waals surface area contributed by atoms with Crippen LogP contribution in [-0.2, 0) is 9.59 Å². The highest BCUT2D eigenvalue weighted by Crippen LogP contribution is 2.36. The highest BCUT2D eigenvalue weighted by molar-refractivity contribution is 8.02. The number of carbonyl (C=O) groups excluding carboxylic acids is 2. The summed E-state index contributed by atoms with van der Waals surface area (Å²) in [6, 6.07) is 22.2. The summed E-state index contributed by atoms with van der Waals surface area (Å²) < 4.78 is 14.8. The Bertz CT molecular complexity index is 1940. The number of methoxy groups -OCH3 is 2. The van der Waals surface area contributed by atoms with Crippen LogP contribution in [0.2, 0.25) is 10.0 Å². The minimum absolute atomic E-state index is 0.180. The normalized spacial score (nSPS) is 11.1. The Kier molecular flexibility index (Phi) is 10.2. The number of hydrogen-bond acceptors (Lipinski definition) is 10. The van der Waals surface area contributed by atoms with Crippen molar-refractivity contribution in [1.82, 2.24) is 9.97 Å². The van der Waals surface area contributed by atoms with E-state index in [-0.39, 0.29) is 23.3 Å². The fraction of sp³-hybridized carbons (Fsp3) is 0.125. The predicted octanol–water partition coefficient (Wildman–Crippen LogP) is 9.36. The van der Waals surface area contributed by atoms with Crippen LogP contribution >= 0.6 is 69.4 Å². The molecular formula is C32H24Cl2N4O4S4. The van der Waals surface area contributed by atoms with Gasteiger partial charge in [-0.15, -0.1) is 22.7 Å². The lowest BCUT2D eigenvalue weighted by Gasteiger charge is -2.14. The molecule has 0 spiro atoms. The number of hydrogen-bond donors (Lipinski definition) is 2. The van der Waals surface area contributed by atoms with Gasteiger partial charge < -0.3 is 20.1 Å². The minimum Gasteiger partial charge on any atom is -0.495 e. The van der Waals surface area contributed by atoms with Gasteiger partial charge in [-0.1, -0.05) is 58.9 Å². The molecule has 0 aliphatic carbocycles. The van der Waals surface area contributed by atoms with E-state index < -0.39 is 0 Å². The second-order valence-corrected chi connectivity index (χ2v) is 15.1. The first-order valence-corrected chi connectivity index (χ1v) is 18.0. The van der Waals surface area contributed by atoms with Gasteiger partial charge in [0, 0.05) is 10.0 Å². The van der Waals surface area contributed by atoms with Crippen LogP contribution in [0, 0.1) is 0 Å². The van der Waals surface area contributed by atoms with Crippen LogP contribution in [-0.4, -0.2) is 47.5 Å². The molecule has 2 amide bonds. The van der Waals surface area contributed by atoms with E-state index in [0.717, 1.165) is 40.2 Å². The van der Waals surface area contributed by atoms with Crippen molar-refractivity contribution in [2.24, 2.45) is 0 Å². The van der Waals surface area contributed by atoms with Crippen LogP contribution in [0.25, 0.3) is 31.6 Å². The van der Waals surface area contributed by atoms with Gasteiger partial charge >= 0.3 is 0 Å². The summed E-state index contributed by atoms with van der Waals surface area (Å²) >= 11 is 17.9. The molecule has 0 saturated carbocycles. The van der Waals surface area contributed by atoms with Crippen molar-refractivity contribution in [2.75, 3.05) is 36.4 Å². The number of thioether (sulfide) groups is 2. The number of nitrogens with one attached hydrogen (secondary N) is 2. The van der Waals surface area contributed by atoms with Crippen LogP contribution in [0.3, 0.4) is 0 Å². The Morgan fingerprint density at radius 2 is 1.11 bits per heavy atom. The van der Waals surface area contributed by atoms with Crippen molar-refractivity contribution < 1.29 is 19.1 Å². The van der Waals surface area contributed by atoms with E-state index in [0.29, 0.717) is 32.9 Å². The van der Waals surface area contributed by atoms with E-state index in [1.807, 2.05) is 60.7 Å². The number of amides is 2. The fourth-order valence-electron chi connectivity index (χ4n) is 4.46. The third kappa shape index (κ3) is 7.71. The summed E-state index contributed by atoms with van der Waals surface area (Å²) in [6.45, 7) is 0. The SMILES string of the molecule is COc1cc(-c2ccc(NC(=O)CSc3nc4cc(Cl)ccc4s3)c(OC)c2)ccc1NC(=O)CSc1nc2cc(Cl)ccc2s1. The third-order valence-corrected chi connectivity index (χ3v) is 11.4. The quantitative estimate of drug-likeness (QED) is 0.127. The van der Waals surface area contributed by atoms with Gasteiger partial charge in [0.2, 0.25) is 11.8 Å². The van der Waals surface area contributed by atoms with Crippen LogP contribution < -0.4 is 20.1 Å². The average molecular weight is 728 g/mol. The van der Waals surface area contributed by atoms with Gasteiger partial charge in [0.15, 0.2) is 8.68 Å². The monoisotopic (exact) mass is 726 g/mol. The Morgan fingerprint density at radius 3 is 1.52 bits per heavy atom. The van der Waals surface area contributed by atoms with Crippen molar-refractivity contribution in [3.63, 3.8) is 0 Å². The summed E-state index contributed by atoms with van der Waals surface area (Å²) in [5, 5.41) is 7.11. The lowest BCUT2D eigenvalue weighted by Crippen LogP contribution is -2.15. The Balaban J connectivity index is 1.08. The smallest absolute Gasteiger partial charge is 0.234 e. The first kappa shape index (κ1) is 32.4. The maximum atomic E-state index is 12.8. The van der Waals surface area contributed by atoms with Crippen LogP contribution in [0.1, 0.15) is 0 Å². The summed E-state index contributed by atoms with van der Waals surface area (Å²) in [7, 11) is 3.10. The molecule has 0 saturated heterocycles. The number of anilines is 2. The standard InChI is InChI=1S/C32H24Cl2N4O4S4/c1-41-25-11-17(3-7-21(25)35-29(39)15-43-31-37-23-13-19(33)5-9-27(23)45-31)18-4-8-22(26(12-18)42-2)36-30(40)16-44-32-38-24-14-20(34)6-10-28(24)46-32/h3-14H,15-16H2,1-2H3,(H,35,39)(H,36,40). The van der Waals surface area contributed by atoms with E-state index >= 15 is 0 Å². The van der Waals surface area contributed by atoms with Crippen LogP contribution in [0.15, 0.2) is 81.5 Å². The molecule has 0 fully saturated rings. The number of halogens is 2. The van der Waals surface area contributed by atoms with Gasteiger partial charge in [0.05, 0.1) is 57.5 Å². The maximum Gasteiger partial charge on any atom is 0.234 e. The van der Waals surface area contributed by atoms with E-state index in [1.165, 1.54) is 46.2 Å². The minimum atomic E-state index is -0.180. The first-order chi connectivity index (χ1) is 22.3. The number of rotatable bonds is 11. The summed E-state index contributed by atoms with van der Waals surface area (Å²) in [4.78, 5) is 34.7. The van der Waals surface area contributed by atoms with Gasteiger partial charge in [-0.25, -0.2) is 9.97 Å². The molecule has 0 aliphatic heterocycles. The number of carbonyl (C=O) groups is 2. The zero-order chi connectivity index (χ0) is 32.2. The third-order valence-electron chi connectivity index (χ3n) is 6.60. The lowest BCUT2D eigenvalue weighted by molar-refractivity contribution is -0.114. The number of thiazole rings is 2. The maximum absolute atomic E-state index is 12.8. The molecule has 234 valence electrons. The number of ether oxygens (including phenoxy) is 2. The largest absolute Gasteiger partial charge is 0.495 e. The molecule has 0 radical (unpaired) electrons. The van der Waals surface area contributed by atoms with E-state index in [4.69, 9.17) is 32.7 Å². The summed E-state index contributed by atoms with van der Waals surface area (Å²) in [5.41, 5.74) is 4.43. The number of aromatic nitrogens is 2. The van der Waals surface area contributed by atoms with Crippen molar-refractivity contribution in [1.29, 1.82) is 0 Å². The fourth-order valence-corrected chi connectivity index (χ4v) is 8.49. The van der Waals surface area contributed by atoms with Gasteiger partial charge in [0.25, 0.3) is 0 Å². The average Bonchev–Trinajstić information content (AvgIpc) is 3.66. The van der Waals surface area contributed by atoms with Gasteiger partial charge in [-0.05, 0) is 71.8 Å². The molecule has 2 aromatic heterocycles. The van der Waals surface area contributed by atoms with Gasteiger partial charge in [-0.2, -0.15) is 0 Å². The molecule has 6 rings (SSSR count).